The molecule has 0 heterocycles. The highest BCUT2D eigenvalue weighted by Gasteiger charge is 2.16. The van der Waals surface area contributed by atoms with Crippen LogP contribution in [0.4, 0.5) is 0 Å². The molecule has 0 saturated carbocycles. The van der Waals surface area contributed by atoms with Crippen LogP contribution >= 0.6 is 0 Å². The largest absolute Gasteiger partial charge is 0.397 e. The summed E-state index contributed by atoms with van der Waals surface area (Å²) in [6, 6.07) is 0. The van der Waals surface area contributed by atoms with Crippen molar-refractivity contribution >= 4 is 10.4 Å². The molecule has 0 rings (SSSR count). The van der Waals surface area contributed by atoms with E-state index in [0.717, 1.165) is 38.9 Å². The standard InChI is InChI=1S/C16H34O5S.C16H34O/c1-3-5-7-8-9-11-14-20-15-13-16(12-10-6-4-2)21-22(17,18)19;1-3-5-7-9-11-13-15-17-16-14-12-10-8-6-4-2/h16H,3-15H2,1-2H3,(H,17,18,19);3-16H2,1-2H3. The van der Waals surface area contributed by atoms with Gasteiger partial charge in [-0.15, -0.1) is 0 Å². The van der Waals surface area contributed by atoms with Crippen LogP contribution in [0.2, 0.25) is 0 Å². The van der Waals surface area contributed by atoms with Gasteiger partial charge < -0.3 is 9.47 Å². The Morgan fingerprint density at radius 2 is 0.795 bits per heavy atom. The zero-order chi connectivity index (χ0) is 29.3. The lowest BCUT2D eigenvalue weighted by atomic mass is 10.1. The molecule has 0 saturated heterocycles. The third-order valence-corrected chi connectivity index (χ3v) is 7.41. The van der Waals surface area contributed by atoms with Crippen LogP contribution in [0.15, 0.2) is 0 Å². The van der Waals surface area contributed by atoms with E-state index in [2.05, 4.69) is 27.7 Å². The van der Waals surface area contributed by atoms with Crippen molar-refractivity contribution in [3.63, 3.8) is 0 Å². The molecule has 0 aliphatic rings. The molecule has 0 aliphatic heterocycles. The zero-order valence-corrected chi connectivity index (χ0v) is 27.4. The van der Waals surface area contributed by atoms with Gasteiger partial charge >= 0.3 is 10.4 Å². The van der Waals surface area contributed by atoms with Crippen LogP contribution in [0.25, 0.3) is 0 Å². The third-order valence-electron chi connectivity index (χ3n) is 6.90. The molecule has 0 fully saturated rings. The quantitative estimate of drug-likeness (QED) is 0.0672. The molecule has 0 aromatic carbocycles. The van der Waals surface area contributed by atoms with Gasteiger partial charge in [0.25, 0.3) is 0 Å². The maximum absolute atomic E-state index is 10.8. The maximum Gasteiger partial charge on any atom is 0.397 e. The molecule has 0 spiro atoms. The molecular formula is C32H68O6S. The summed E-state index contributed by atoms with van der Waals surface area (Å²) < 4.78 is 46.3. The second-order valence-electron chi connectivity index (χ2n) is 11.0. The van der Waals surface area contributed by atoms with Gasteiger partial charge in [0.1, 0.15) is 0 Å². The summed E-state index contributed by atoms with van der Waals surface area (Å²) >= 11 is 0. The zero-order valence-electron chi connectivity index (χ0n) is 26.6. The highest BCUT2D eigenvalue weighted by Crippen LogP contribution is 2.13. The molecule has 0 aliphatic carbocycles. The minimum Gasteiger partial charge on any atom is -0.381 e. The molecule has 0 aromatic heterocycles. The van der Waals surface area contributed by atoms with Gasteiger partial charge in [0, 0.05) is 26.4 Å². The number of rotatable bonds is 30. The molecule has 0 amide bonds. The van der Waals surface area contributed by atoms with Crippen molar-refractivity contribution in [1.82, 2.24) is 0 Å². The Balaban J connectivity index is 0. The van der Waals surface area contributed by atoms with Gasteiger partial charge in [-0.05, 0) is 32.1 Å². The van der Waals surface area contributed by atoms with Crippen molar-refractivity contribution in [2.45, 2.75) is 181 Å². The first-order valence-electron chi connectivity index (χ1n) is 16.7. The Hall–Kier alpha value is -0.210. The Bertz CT molecular complexity index is 527. The fourth-order valence-electron chi connectivity index (χ4n) is 4.41. The number of hydrogen-bond acceptors (Lipinski definition) is 5. The van der Waals surface area contributed by atoms with E-state index >= 15 is 0 Å². The molecule has 0 aromatic rings. The average Bonchev–Trinajstić information content (AvgIpc) is 2.90. The summed E-state index contributed by atoms with van der Waals surface area (Å²) in [5.41, 5.74) is 0. The first-order valence-corrected chi connectivity index (χ1v) is 18.1. The summed E-state index contributed by atoms with van der Waals surface area (Å²) in [5, 5.41) is 0. The SMILES string of the molecule is CCCCCCCCOCCC(CCCCC)OS(=O)(=O)O.CCCCCCCCOCCCCCCCC. The molecule has 7 heteroatoms. The van der Waals surface area contributed by atoms with E-state index in [9.17, 15) is 8.42 Å². The van der Waals surface area contributed by atoms with E-state index in [0.29, 0.717) is 26.1 Å². The maximum atomic E-state index is 10.8. The van der Waals surface area contributed by atoms with E-state index in [1.807, 2.05) is 0 Å². The number of hydrogen-bond donors (Lipinski definition) is 1. The van der Waals surface area contributed by atoms with Crippen molar-refractivity contribution in [2.24, 2.45) is 0 Å². The predicted molar refractivity (Wildman–Crippen MR) is 167 cm³/mol. The summed E-state index contributed by atoms with van der Waals surface area (Å²) in [6.07, 6.45) is 27.3. The minimum atomic E-state index is -4.38. The Morgan fingerprint density at radius 1 is 0.462 bits per heavy atom. The first kappa shape index (κ1) is 40.9. The van der Waals surface area contributed by atoms with Gasteiger partial charge in [-0.1, -0.05) is 143 Å². The van der Waals surface area contributed by atoms with Crippen molar-refractivity contribution in [3.8, 4) is 0 Å². The lowest BCUT2D eigenvalue weighted by Gasteiger charge is -2.15. The van der Waals surface area contributed by atoms with E-state index in [-0.39, 0.29) is 0 Å². The lowest BCUT2D eigenvalue weighted by Crippen LogP contribution is -2.20. The van der Waals surface area contributed by atoms with Crippen LogP contribution in [-0.2, 0) is 24.1 Å². The highest BCUT2D eigenvalue weighted by atomic mass is 32.3. The highest BCUT2D eigenvalue weighted by molar-refractivity contribution is 7.80. The fourth-order valence-corrected chi connectivity index (χ4v) is 4.94. The van der Waals surface area contributed by atoms with Crippen molar-refractivity contribution in [2.75, 3.05) is 26.4 Å². The molecule has 1 N–H and O–H groups in total. The van der Waals surface area contributed by atoms with Gasteiger partial charge in [0.05, 0.1) is 6.10 Å². The van der Waals surface area contributed by atoms with Crippen molar-refractivity contribution in [1.29, 1.82) is 0 Å². The number of ether oxygens (including phenoxy) is 2. The van der Waals surface area contributed by atoms with Crippen LogP contribution in [0.1, 0.15) is 175 Å². The lowest BCUT2D eigenvalue weighted by molar-refractivity contribution is 0.0827. The third kappa shape index (κ3) is 40.0. The van der Waals surface area contributed by atoms with Gasteiger partial charge in [-0.25, -0.2) is 4.18 Å². The topological polar surface area (TPSA) is 82.1 Å². The fraction of sp³-hybridized carbons (Fsp3) is 1.00. The van der Waals surface area contributed by atoms with Gasteiger partial charge in [-0.3, -0.25) is 4.55 Å². The molecule has 1 unspecified atom stereocenters. The molecular weight excluding hydrogens is 512 g/mol. The van der Waals surface area contributed by atoms with Crippen LogP contribution in [-0.4, -0.2) is 45.5 Å². The van der Waals surface area contributed by atoms with E-state index in [1.54, 1.807) is 0 Å². The molecule has 39 heavy (non-hydrogen) atoms. The summed E-state index contributed by atoms with van der Waals surface area (Å²) in [6.45, 7) is 12.0. The Labute approximate surface area is 244 Å². The van der Waals surface area contributed by atoms with Crippen LogP contribution in [0, 0.1) is 0 Å². The van der Waals surface area contributed by atoms with Crippen LogP contribution < -0.4 is 0 Å². The molecule has 238 valence electrons. The van der Waals surface area contributed by atoms with Gasteiger partial charge in [0.2, 0.25) is 0 Å². The summed E-state index contributed by atoms with van der Waals surface area (Å²) in [7, 11) is -4.38. The van der Waals surface area contributed by atoms with E-state index in [4.69, 9.17) is 18.2 Å². The minimum absolute atomic E-state index is 0.473. The Kier molecular flexibility index (Phi) is 35.7. The summed E-state index contributed by atoms with van der Waals surface area (Å²) in [5.74, 6) is 0. The van der Waals surface area contributed by atoms with E-state index in [1.165, 1.54) is 109 Å². The predicted octanol–water partition coefficient (Wildman–Crippen LogP) is 10.2. The molecule has 6 nitrogen and oxygen atoms in total. The second-order valence-corrected chi connectivity index (χ2v) is 12.0. The summed E-state index contributed by atoms with van der Waals surface area (Å²) in [4.78, 5) is 0. The monoisotopic (exact) mass is 580 g/mol. The molecule has 1 atom stereocenters. The van der Waals surface area contributed by atoms with Crippen molar-refractivity contribution < 1.29 is 26.6 Å². The second kappa shape index (κ2) is 34.0. The van der Waals surface area contributed by atoms with Gasteiger partial charge in [-0.2, -0.15) is 8.42 Å². The first-order chi connectivity index (χ1) is 18.9. The smallest absolute Gasteiger partial charge is 0.381 e. The van der Waals surface area contributed by atoms with E-state index < -0.39 is 16.5 Å². The Morgan fingerprint density at radius 3 is 1.18 bits per heavy atom. The molecule has 0 radical (unpaired) electrons. The average molecular weight is 581 g/mol. The van der Waals surface area contributed by atoms with Gasteiger partial charge in [0.15, 0.2) is 0 Å². The van der Waals surface area contributed by atoms with Crippen LogP contribution in [0.5, 0.6) is 0 Å². The molecule has 0 bridgehead atoms. The number of unbranched alkanes of at least 4 members (excludes halogenated alkanes) is 17. The van der Waals surface area contributed by atoms with Crippen LogP contribution in [0.3, 0.4) is 0 Å². The normalized spacial score (nSPS) is 12.3. The van der Waals surface area contributed by atoms with Crippen molar-refractivity contribution in [3.05, 3.63) is 0 Å².